The molecule has 0 aliphatic carbocycles. The van der Waals surface area contributed by atoms with Gasteiger partial charge in [0.15, 0.2) is 0 Å². The molecule has 1 aliphatic rings. The average Bonchev–Trinajstić information content (AvgIpc) is 2.54. The number of likely N-dealkylation sites (tertiary alicyclic amines) is 1. The Morgan fingerprint density at radius 3 is 2.74 bits per heavy atom. The van der Waals surface area contributed by atoms with E-state index in [0.29, 0.717) is 31.1 Å². The zero-order chi connectivity index (χ0) is 16.7. The predicted molar refractivity (Wildman–Crippen MR) is 82.6 cm³/mol. The van der Waals surface area contributed by atoms with Crippen LogP contribution in [0.25, 0.3) is 0 Å². The minimum absolute atomic E-state index is 0.0744. The van der Waals surface area contributed by atoms with Gasteiger partial charge in [0.25, 0.3) is 0 Å². The molecule has 0 radical (unpaired) electrons. The molecule has 0 bridgehead atoms. The number of hydrogen-bond donors (Lipinski definition) is 1. The fraction of sp³-hybridized carbons (Fsp3) is 0.471. The van der Waals surface area contributed by atoms with Crippen molar-refractivity contribution < 1.29 is 14.0 Å². The first-order chi connectivity index (χ1) is 11.1. The number of carbonyl (C=O) groups is 2. The first-order valence-electron chi connectivity index (χ1n) is 7.74. The highest BCUT2D eigenvalue weighted by Gasteiger charge is 2.22. The van der Waals surface area contributed by atoms with E-state index in [9.17, 15) is 14.0 Å². The minimum atomic E-state index is -0.343. The lowest BCUT2D eigenvalue weighted by atomic mass is 9.96. The van der Waals surface area contributed by atoms with Crippen molar-refractivity contribution in [2.75, 3.05) is 19.6 Å². The van der Waals surface area contributed by atoms with Crippen LogP contribution in [-0.2, 0) is 16.0 Å². The van der Waals surface area contributed by atoms with Gasteiger partial charge >= 0.3 is 0 Å². The molecule has 122 valence electrons. The van der Waals surface area contributed by atoms with E-state index in [1.807, 2.05) is 6.07 Å². The lowest BCUT2D eigenvalue weighted by Crippen LogP contribution is -2.41. The zero-order valence-electron chi connectivity index (χ0n) is 12.9. The summed E-state index contributed by atoms with van der Waals surface area (Å²) in [6.07, 6.45) is 1.72. The molecule has 1 aliphatic heterocycles. The smallest absolute Gasteiger partial charge is 0.236 e. The van der Waals surface area contributed by atoms with Crippen molar-refractivity contribution in [2.24, 2.45) is 5.92 Å². The zero-order valence-corrected chi connectivity index (χ0v) is 12.9. The van der Waals surface area contributed by atoms with Crippen LogP contribution < -0.4 is 5.32 Å². The Balaban J connectivity index is 1.70. The summed E-state index contributed by atoms with van der Waals surface area (Å²) < 4.78 is 13.1. The molecule has 6 heteroatoms. The number of amides is 2. The Morgan fingerprint density at radius 2 is 2.09 bits per heavy atom. The van der Waals surface area contributed by atoms with Crippen molar-refractivity contribution in [3.8, 4) is 6.07 Å². The number of halogens is 1. The summed E-state index contributed by atoms with van der Waals surface area (Å²) in [5.74, 6) is -0.262. The van der Waals surface area contributed by atoms with Gasteiger partial charge in [-0.25, -0.2) is 4.39 Å². The second kappa shape index (κ2) is 8.28. The maximum absolute atomic E-state index is 13.1. The first kappa shape index (κ1) is 16.9. The standard InChI is InChI=1S/C17H20FN3O2/c18-15-3-1-2-14(10-15)11-16(22)20-12-13-5-8-21(9-6-13)17(23)4-7-19/h1-3,10,13H,4-6,8-9,11-12H2,(H,20,22). The van der Waals surface area contributed by atoms with Gasteiger partial charge in [-0.15, -0.1) is 0 Å². The van der Waals surface area contributed by atoms with Crippen LogP contribution in [0.15, 0.2) is 24.3 Å². The van der Waals surface area contributed by atoms with Crippen LogP contribution in [0, 0.1) is 23.1 Å². The van der Waals surface area contributed by atoms with E-state index in [-0.39, 0.29) is 30.5 Å². The Labute approximate surface area is 135 Å². The number of hydrogen-bond acceptors (Lipinski definition) is 3. The van der Waals surface area contributed by atoms with Crippen LogP contribution in [0.2, 0.25) is 0 Å². The lowest BCUT2D eigenvalue weighted by Gasteiger charge is -2.31. The number of nitrogens with zero attached hydrogens (tertiary/aromatic N) is 2. The summed E-state index contributed by atoms with van der Waals surface area (Å²) in [4.78, 5) is 25.2. The number of nitriles is 1. The van der Waals surface area contributed by atoms with Crippen molar-refractivity contribution in [1.29, 1.82) is 5.26 Å². The van der Waals surface area contributed by atoms with Crippen LogP contribution in [0.1, 0.15) is 24.8 Å². The van der Waals surface area contributed by atoms with Gasteiger partial charge in [0.2, 0.25) is 11.8 Å². The van der Waals surface area contributed by atoms with Gasteiger partial charge in [0.1, 0.15) is 12.2 Å². The summed E-state index contributed by atoms with van der Waals surface area (Å²) in [6, 6.07) is 7.89. The van der Waals surface area contributed by atoms with E-state index in [0.717, 1.165) is 12.8 Å². The van der Waals surface area contributed by atoms with Crippen molar-refractivity contribution in [3.63, 3.8) is 0 Å². The van der Waals surface area contributed by atoms with E-state index in [2.05, 4.69) is 5.32 Å². The maximum atomic E-state index is 13.1. The quantitative estimate of drug-likeness (QED) is 0.897. The molecule has 0 unspecified atom stereocenters. The highest BCUT2D eigenvalue weighted by Crippen LogP contribution is 2.17. The van der Waals surface area contributed by atoms with Gasteiger partial charge in [0.05, 0.1) is 12.5 Å². The molecule has 1 N–H and O–H groups in total. The van der Waals surface area contributed by atoms with E-state index in [4.69, 9.17) is 5.26 Å². The molecule has 1 aromatic carbocycles. The molecule has 5 nitrogen and oxygen atoms in total. The Bertz CT molecular complexity index is 604. The maximum Gasteiger partial charge on any atom is 0.236 e. The predicted octanol–water partition coefficient (Wildman–Crippen LogP) is 1.64. The third-order valence-electron chi connectivity index (χ3n) is 4.04. The third kappa shape index (κ3) is 5.37. The summed E-state index contributed by atoms with van der Waals surface area (Å²) in [5, 5.41) is 11.4. The second-order valence-corrected chi connectivity index (χ2v) is 5.77. The van der Waals surface area contributed by atoms with Crippen molar-refractivity contribution in [1.82, 2.24) is 10.2 Å². The van der Waals surface area contributed by atoms with Gasteiger partial charge in [-0.1, -0.05) is 12.1 Å². The van der Waals surface area contributed by atoms with Crippen LogP contribution in [0.5, 0.6) is 0 Å². The normalized spacial score (nSPS) is 15.0. The van der Waals surface area contributed by atoms with E-state index in [1.165, 1.54) is 12.1 Å². The minimum Gasteiger partial charge on any atom is -0.356 e. The number of benzene rings is 1. The molecule has 1 saturated heterocycles. The van der Waals surface area contributed by atoms with Crippen LogP contribution in [0.4, 0.5) is 4.39 Å². The molecule has 2 amide bonds. The third-order valence-corrected chi connectivity index (χ3v) is 4.04. The molecular formula is C17H20FN3O2. The first-order valence-corrected chi connectivity index (χ1v) is 7.74. The fourth-order valence-electron chi connectivity index (χ4n) is 2.72. The van der Waals surface area contributed by atoms with Gasteiger partial charge in [-0.3, -0.25) is 9.59 Å². The van der Waals surface area contributed by atoms with Gasteiger partial charge in [-0.2, -0.15) is 5.26 Å². The van der Waals surface area contributed by atoms with Crippen LogP contribution in [0.3, 0.4) is 0 Å². The highest BCUT2D eigenvalue weighted by atomic mass is 19.1. The van der Waals surface area contributed by atoms with Gasteiger partial charge < -0.3 is 10.2 Å². The Hall–Kier alpha value is -2.42. The molecule has 1 aromatic rings. The van der Waals surface area contributed by atoms with E-state index in [1.54, 1.807) is 17.0 Å². The van der Waals surface area contributed by atoms with E-state index < -0.39 is 0 Å². The Kier molecular flexibility index (Phi) is 6.10. The molecule has 0 atom stereocenters. The van der Waals surface area contributed by atoms with Crippen molar-refractivity contribution >= 4 is 11.8 Å². The number of carbonyl (C=O) groups excluding carboxylic acids is 2. The Morgan fingerprint density at radius 1 is 1.35 bits per heavy atom. The summed E-state index contributed by atoms with van der Waals surface area (Å²) in [7, 11) is 0. The number of rotatable bonds is 5. The molecule has 0 aromatic heterocycles. The number of piperidine rings is 1. The van der Waals surface area contributed by atoms with Gasteiger partial charge in [0, 0.05) is 19.6 Å². The summed E-state index contributed by atoms with van der Waals surface area (Å²) in [6.45, 7) is 1.82. The summed E-state index contributed by atoms with van der Waals surface area (Å²) in [5.41, 5.74) is 0.652. The topological polar surface area (TPSA) is 73.2 Å². The van der Waals surface area contributed by atoms with Crippen molar-refractivity contribution in [3.05, 3.63) is 35.6 Å². The SMILES string of the molecule is N#CCC(=O)N1CCC(CNC(=O)Cc2cccc(F)c2)CC1. The highest BCUT2D eigenvalue weighted by molar-refractivity contribution is 5.79. The number of nitrogens with one attached hydrogen (secondary N) is 1. The molecular weight excluding hydrogens is 297 g/mol. The fourth-order valence-corrected chi connectivity index (χ4v) is 2.72. The molecule has 0 saturated carbocycles. The molecule has 0 spiro atoms. The van der Waals surface area contributed by atoms with Crippen LogP contribution >= 0.6 is 0 Å². The lowest BCUT2D eigenvalue weighted by molar-refractivity contribution is -0.131. The molecule has 1 fully saturated rings. The van der Waals surface area contributed by atoms with Crippen LogP contribution in [-0.4, -0.2) is 36.3 Å². The second-order valence-electron chi connectivity index (χ2n) is 5.77. The van der Waals surface area contributed by atoms with Crippen molar-refractivity contribution in [2.45, 2.75) is 25.7 Å². The molecule has 2 rings (SSSR count). The monoisotopic (exact) mass is 317 g/mol. The average molecular weight is 317 g/mol. The van der Waals surface area contributed by atoms with Gasteiger partial charge in [-0.05, 0) is 36.5 Å². The summed E-state index contributed by atoms with van der Waals surface area (Å²) >= 11 is 0. The largest absolute Gasteiger partial charge is 0.356 e. The van der Waals surface area contributed by atoms with E-state index >= 15 is 0 Å². The molecule has 1 heterocycles. The molecule has 23 heavy (non-hydrogen) atoms.